The summed E-state index contributed by atoms with van der Waals surface area (Å²) in [6.07, 6.45) is 11.0. The van der Waals surface area contributed by atoms with Crippen molar-refractivity contribution in [3.63, 3.8) is 0 Å². The molecular weight excluding hydrogens is 250 g/mol. The summed E-state index contributed by atoms with van der Waals surface area (Å²) < 4.78 is 7.59. The fourth-order valence-corrected chi connectivity index (χ4v) is 1.41. The molecular formula is C16H27N3O. The smallest absolute Gasteiger partial charge is 0.115 e. The summed E-state index contributed by atoms with van der Waals surface area (Å²) in [4.78, 5) is 3.97. The maximum absolute atomic E-state index is 5.99. The Kier molecular flexibility index (Phi) is 10.1. The van der Waals surface area contributed by atoms with Gasteiger partial charge < -0.3 is 15.0 Å². The summed E-state index contributed by atoms with van der Waals surface area (Å²) in [5.74, 6) is 0.813. The number of nitrogens with zero attached hydrogens (tertiary/aromatic N) is 2. The molecule has 1 heterocycles. The maximum atomic E-state index is 5.99. The molecule has 0 radical (unpaired) electrons. The summed E-state index contributed by atoms with van der Waals surface area (Å²) in [5.41, 5.74) is 7.05. The van der Waals surface area contributed by atoms with Crippen molar-refractivity contribution in [2.24, 2.45) is 5.73 Å². The van der Waals surface area contributed by atoms with E-state index in [0.717, 1.165) is 11.3 Å². The highest BCUT2D eigenvalue weighted by Gasteiger charge is 2.04. The van der Waals surface area contributed by atoms with Crippen LogP contribution >= 0.6 is 0 Å². The summed E-state index contributed by atoms with van der Waals surface area (Å²) in [7, 11) is 0. The highest BCUT2D eigenvalue weighted by molar-refractivity contribution is 5.23. The number of imidazole rings is 1. The number of allylic oxidation sites excluding steroid dienone is 4. The second-order valence-electron chi connectivity index (χ2n) is 4.11. The van der Waals surface area contributed by atoms with E-state index in [1.54, 1.807) is 18.6 Å². The lowest BCUT2D eigenvalue weighted by atomic mass is 10.2. The van der Waals surface area contributed by atoms with Gasteiger partial charge in [0, 0.05) is 18.9 Å². The van der Waals surface area contributed by atoms with Crippen LogP contribution in [0, 0.1) is 0 Å². The zero-order valence-corrected chi connectivity index (χ0v) is 13.0. The molecule has 0 aliphatic heterocycles. The van der Waals surface area contributed by atoms with Crippen molar-refractivity contribution < 1.29 is 4.74 Å². The molecule has 1 unspecified atom stereocenters. The van der Waals surface area contributed by atoms with Crippen molar-refractivity contribution in [2.45, 2.75) is 40.3 Å². The number of hydrogen-bond donors (Lipinski definition) is 1. The lowest BCUT2D eigenvalue weighted by Crippen LogP contribution is -2.30. The van der Waals surface area contributed by atoms with Gasteiger partial charge in [-0.25, -0.2) is 4.98 Å². The molecule has 0 amide bonds. The lowest BCUT2D eigenvalue weighted by molar-refractivity contribution is 0.196. The summed E-state index contributed by atoms with van der Waals surface area (Å²) in [5, 5.41) is 0. The molecule has 0 aliphatic carbocycles. The first-order chi connectivity index (χ1) is 9.65. The quantitative estimate of drug-likeness (QED) is 0.614. The first kappa shape index (κ1) is 18.2. The van der Waals surface area contributed by atoms with Crippen LogP contribution in [0.4, 0.5) is 0 Å². The Morgan fingerprint density at radius 1 is 1.50 bits per heavy atom. The van der Waals surface area contributed by atoms with E-state index in [4.69, 9.17) is 10.5 Å². The molecule has 112 valence electrons. The Labute approximate surface area is 122 Å². The molecule has 4 heteroatoms. The van der Waals surface area contributed by atoms with Crippen molar-refractivity contribution in [3.8, 4) is 0 Å². The molecule has 4 nitrogen and oxygen atoms in total. The van der Waals surface area contributed by atoms with E-state index in [-0.39, 0.29) is 6.04 Å². The van der Waals surface area contributed by atoms with Gasteiger partial charge in [-0.2, -0.15) is 0 Å². The third-order valence-corrected chi connectivity index (χ3v) is 2.45. The van der Waals surface area contributed by atoms with Crippen LogP contribution in [0.15, 0.2) is 54.9 Å². The SMILES string of the molecule is C=C/C(C)=C\C(=C/C)OCC(N)Cn1ccnc1.CC. The van der Waals surface area contributed by atoms with E-state index in [1.807, 2.05) is 50.6 Å². The molecule has 0 bridgehead atoms. The average Bonchev–Trinajstić information content (AvgIpc) is 2.98. The third-order valence-electron chi connectivity index (χ3n) is 2.45. The summed E-state index contributed by atoms with van der Waals surface area (Å²) in [6.45, 7) is 12.8. The van der Waals surface area contributed by atoms with Crippen LogP contribution in [0.5, 0.6) is 0 Å². The molecule has 0 spiro atoms. The Bertz CT molecular complexity index is 419. The monoisotopic (exact) mass is 277 g/mol. The minimum absolute atomic E-state index is 0.0633. The van der Waals surface area contributed by atoms with Crippen LogP contribution in [0.2, 0.25) is 0 Å². The van der Waals surface area contributed by atoms with Crippen LogP contribution < -0.4 is 5.73 Å². The molecule has 0 aromatic carbocycles. The zero-order chi connectivity index (χ0) is 15.4. The molecule has 20 heavy (non-hydrogen) atoms. The van der Waals surface area contributed by atoms with Crippen molar-refractivity contribution in [1.82, 2.24) is 9.55 Å². The second-order valence-corrected chi connectivity index (χ2v) is 4.11. The largest absolute Gasteiger partial charge is 0.492 e. The standard InChI is InChI=1S/C14H21N3O.C2H6/c1-4-12(3)8-14(5-2)18-10-13(15)9-17-7-6-16-11-17;1-2/h4-8,11,13H,1,9-10,15H2,2-3H3;1-2H3/b12-8-,14-5+;. The maximum Gasteiger partial charge on any atom is 0.115 e. The van der Waals surface area contributed by atoms with E-state index in [1.165, 1.54) is 0 Å². The Hall–Kier alpha value is -1.81. The number of aromatic nitrogens is 2. The minimum Gasteiger partial charge on any atom is -0.492 e. The number of hydrogen-bond acceptors (Lipinski definition) is 3. The van der Waals surface area contributed by atoms with Gasteiger partial charge in [0.05, 0.1) is 12.4 Å². The predicted octanol–water partition coefficient (Wildman–Crippen LogP) is 3.29. The van der Waals surface area contributed by atoms with Gasteiger partial charge in [-0.15, -0.1) is 0 Å². The molecule has 0 saturated carbocycles. The third kappa shape index (κ3) is 7.59. The predicted molar refractivity (Wildman–Crippen MR) is 85.2 cm³/mol. The van der Waals surface area contributed by atoms with Gasteiger partial charge in [-0.3, -0.25) is 0 Å². The zero-order valence-electron chi connectivity index (χ0n) is 13.0. The van der Waals surface area contributed by atoms with Gasteiger partial charge in [-0.05, 0) is 31.6 Å². The van der Waals surface area contributed by atoms with E-state index in [0.29, 0.717) is 13.2 Å². The Morgan fingerprint density at radius 2 is 2.20 bits per heavy atom. The van der Waals surface area contributed by atoms with Gasteiger partial charge in [0.1, 0.15) is 12.4 Å². The summed E-state index contributed by atoms with van der Waals surface area (Å²) >= 11 is 0. The Morgan fingerprint density at radius 3 is 2.70 bits per heavy atom. The van der Waals surface area contributed by atoms with Gasteiger partial charge in [0.15, 0.2) is 0 Å². The van der Waals surface area contributed by atoms with E-state index in [2.05, 4.69) is 11.6 Å². The topological polar surface area (TPSA) is 53.1 Å². The average molecular weight is 277 g/mol. The van der Waals surface area contributed by atoms with E-state index >= 15 is 0 Å². The fourth-order valence-electron chi connectivity index (χ4n) is 1.41. The highest BCUT2D eigenvalue weighted by Crippen LogP contribution is 2.06. The lowest BCUT2D eigenvalue weighted by Gasteiger charge is -2.14. The molecule has 0 aliphatic rings. The van der Waals surface area contributed by atoms with E-state index < -0.39 is 0 Å². The molecule has 1 rings (SSSR count). The van der Waals surface area contributed by atoms with Gasteiger partial charge in [-0.1, -0.05) is 26.5 Å². The van der Waals surface area contributed by atoms with Crippen molar-refractivity contribution >= 4 is 0 Å². The fraction of sp³-hybridized carbons (Fsp3) is 0.438. The van der Waals surface area contributed by atoms with Crippen molar-refractivity contribution in [1.29, 1.82) is 0 Å². The summed E-state index contributed by atoms with van der Waals surface area (Å²) in [6, 6.07) is -0.0633. The molecule has 1 aromatic heterocycles. The van der Waals surface area contributed by atoms with Crippen LogP contribution in [0.25, 0.3) is 0 Å². The van der Waals surface area contributed by atoms with Crippen LogP contribution in [0.1, 0.15) is 27.7 Å². The molecule has 0 fully saturated rings. The van der Waals surface area contributed by atoms with Crippen LogP contribution in [-0.4, -0.2) is 22.2 Å². The van der Waals surface area contributed by atoms with Gasteiger partial charge in [0.2, 0.25) is 0 Å². The normalized spacial score (nSPS) is 13.2. The Balaban J connectivity index is 0.00000172. The second kappa shape index (κ2) is 11.1. The number of nitrogens with two attached hydrogens (primary N) is 1. The number of rotatable bonds is 7. The molecule has 1 atom stereocenters. The van der Waals surface area contributed by atoms with Crippen LogP contribution in [0.3, 0.4) is 0 Å². The van der Waals surface area contributed by atoms with Crippen molar-refractivity contribution in [2.75, 3.05) is 6.61 Å². The van der Waals surface area contributed by atoms with Gasteiger partial charge >= 0.3 is 0 Å². The number of ether oxygens (including phenoxy) is 1. The molecule has 0 saturated heterocycles. The van der Waals surface area contributed by atoms with Crippen LogP contribution in [-0.2, 0) is 11.3 Å². The first-order valence-corrected chi connectivity index (χ1v) is 6.97. The molecule has 1 aromatic rings. The van der Waals surface area contributed by atoms with E-state index in [9.17, 15) is 0 Å². The minimum atomic E-state index is -0.0633. The first-order valence-electron chi connectivity index (χ1n) is 6.97. The molecule has 2 N–H and O–H groups in total. The highest BCUT2D eigenvalue weighted by atomic mass is 16.5. The van der Waals surface area contributed by atoms with Crippen molar-refractivity contribution in [3.05, 3.63) is 54.9 Å². The van der Waals surface area contributed by atoms with Gasteiger partial charge in [0.25, 0.3) is 0 Å².